The first kappa shape index (κ1) is 16.4. The Kier molecular flexibility index (Phi) is 4.18. The Morgan fingerprint density at radius 3 is 2.64 bits per heavy atom. The van der Waals surface area contributed by atoms with Crippen LogP contribution in [0.4, 0.5) is 4.39 Å². The van der Waals surface area contributed by atoms with Gasteiger partial charge in [0.1, 0.15) is 42.7 Å². The molecule has 1 aliphatic heterocycles. The molecule has 0 bridgehead atoms. The second kappa shape index (κ2) is 6.36. The summed E-state index contributed by atoms with van der Waals surface area (Å²) >= 11 is 1.40. The predicted molar refractivity (Wildman–Crippen MR) is 92.8 cm³/mol. The zero-order valence-corrected chi connectivity index (χ0v) is 15.1. The average Bonchev–Trinajstić information content (AvgIpc) is 3.09. The van der Waals surface area contributed by atoms with Crippen molar-refractivity contribution in [1.29, 1.82) is 0 Å². The summed E-state index contributed by atoms with van der Waals surface area (Å²) in [6, 6.07) is 6.61. The van der Waals surface area contributed by atoms with Crippen LogP contribution in [0.15, 0.2) is 24.3 Å². The highest BCUT2D eigenvalue weighted by molar-refractivity contribution is 7.17. The number of halogens is 1. The van der Waals surface area contributed by atoms with Crippen LogP contribution in [0.1, 0.15) is 22.3 Å². The van der Waals surface area contributed by atoms with Gasteiger partial charge in [-0.2, -0.15) is 4.52 Å². The first-order chi connectivity index (χ1) is 12.0. The number of fused-ring (bicyclic) bond motifs is 1. The number of hydrogen-bond acceptors (Lipinski definition) is 4. The highest BCUT2D eigenvalue weighted by atomic mass is 32.1. The minimum Gasteiger partial charge on any atom is -0.492 e. The molecule has 25 heavy (non-hydrogen) atoms. The molecule has 1 fully saturated rings. The molecule has 1 aromatic carbocycles. The maximum atomic E-state index is 14.6. The van der Waals surface area contributed by atoms with Crippen molar-refractivity contribution in [2.75, 3.05) is 33.2 Å². The fourth-order valence-corrected chi connectivity index (χ4v) is 4.76. The minimum absolute atomic E-state index is 0.0765. The Balaban J connectivity index is 1.83. The lowest BCUT2D eigenvalue weighted by Gasteiger charge is -2.33. The van der Waals surface area contributed by atoms with Crippen molar-refractivity contribution < 1.29 is 19.3 Å². The highest BCUT2D eigenvalue weighted by Gasteiger charge is 2.36. The largest absolute Gasteiger partial charge is 0.492 e. The molecule has 0 saturated carbocycles. The number of nitrogens with zero attached hydrogens (tertiary/aromatic N) is 3. The molecule has 3 heterocycles. The van der Waals surface area contributed by atoms with Crippen molar-refractivity contribution >= 4 is 16.3 Å². The summed E-state index contributed by atoms with van der Waals surface area (Å²) in [4.78, 5) is 8.48. The monoisotopic (exact) mass is 363 g/mol. The zero-order valence-electron chi connectivity index (χ0n) is 14.3. The summed E-state index contributed by atoms with van der Waals surface area (Å²) < 4.78 is 16.1. The number of aryl methyl sites for hydroxylation is 1. The van der Waals surface area contributed by atoms with Gasteiger partial charge in [0.25, 0.3) is 0 Å². The van der Waals surface area contributed by atoms with Gasteiger partial charge in [-0.15, -0.1) is 5.10 Å². The van der Waals surface area contributed by atoms with Crippen LogP contribution in [0.3, 0.4) is 0 Å². The van der Waals surface area contributed by atoms with Crippen molar-refractivity contribution in [3.63, 3.8) is 0 Å². The molecule has 0 radical (unpaired) electrons. The summed E-state index contributed by atoms with van der Waals surface area (Å²) in [6.07, 6.45) is 0. The summed E-state index contributed by atoms with van der Waals surface area (Å²) in [7, 11) is 2.18. The third-order valence-corrected chi connectivity index (χ3v) is 6.02. The van der Waals surface area contributed by atoms with Crippen molar-refractivity contribution in [3.8, 4) is 5.88 Å². The Morgan fingerprint density at radius 2 is 1.96 bits per heavy atom. The lowest BCUT2D eigenvalue weighted by Crippen LogP contribution is -3.27. The number of likely N-dealkylation sites (N-methyl/N-ethyl adjacent to an activating group) is 1. The predicted octanol–water partition coefficient (Wildman–Crippen LogP) is -0.553. The van der Waals surface area contributed by atoms with Gasteiger partial charge < -0.3 is 14.9 Å². The van der Waals surface area contributed by atoms with Gasteiger partial charge in [-0.3, -0.25) is 0 Å². The fourth-order valence-electron chi connectivity index (χ4n) is 3.58. The van der Waals surface area contributed by atoms with Crippen LogP contribution in [0.5, 0.6) is 5.88 Å². The van der Waals surface area contributed by atoms with Gasteiger partial charge in [0.15, 0.2) is 6.04 Å². The summed E-state index contributed by atoms with van der Waals surface area (Å²) in [5.41, 5.74) is 0.619. The SMILES string of the molecule is Cc1nc2sc([C@H](c3ccccc3F)[NH+]3CC[NH+](C)CC3)c(O)n2n1. The van der Waals surface area contributed by atoms with Crippen LogP contribution in [0.2, 0.25) is 0 Å². The standard InChI is InChI=1S/C17H20FN5OS/c1-11-19-17-23(20-11)16(24)15(25-17)14(12-5-3-4-6-13(12)18)22-9-7-21(2)8-10-22/h3-6,14,24H,7-10H2,1-2H3/p+2/t14-/m0/s1. The van der Waals surface area contributed by atoms with E-state index in [1.54, 1.807) is 13.0 Å². The maximum absolute atomic E-state index is 14.6. The summed E-state index contributed by atoms with van der Waals surface area (Å²) in [6.45, 7) is 5.71. The van der Waals surface area contributed by atoms with Crippen LogP contribution < -0.4 is 9.80 Å². The first-order valence-corrected chi connectivity index (χ1v) is 9.31. The number of piperazine rings is 1. The molecule has 0 amide bonds. The zero-order chi connectivity index (χ0) is 17.6. The van der Waals surface area contributed by atoms with Crippen LogP contribution >= 0.6 is 11.3 Å². The molecule has 3 aromatic rings. The average molecular weight is 363 g/mol. The quantitative estimate of drug-likeness (QED) is 0.585. The van der Waals surface area contributed by atoms with Gasteiger partial charge >= 0.3 is 0 Å². The van der Waals surface area contributed by atoms with E-state index < -0.39 is 0 Å². The number of aromatic hydroxyl groups is 1. The van der Waals surface area contributed by atoms with E-state index >= 15 is 0 Å². The van der Waals surface area contributed by atoms with E-state index in [4.69, 9.17) is 0 Å². The molecule has 3 N–H and O–H groups in total. The number of benzene rings is 1. The Labute approximate surface area is 149 Å². The smallest absolute Gasteiger partial charge is 0.235 e. The molecule has 0 spiro atoms. The maximum Gasteiger partial charge on any atom is 0.235 e. The molecular weight excluding hydrogens is 341 g/mol. The number of rotatable bonds is 3. The molecule has 8 heteroatoms. The van der Waals surface area contributed by atoms with Crippen molar-refractivity contribution in [1.82, 2.24) is 14.6 Å². The van der Waals surface area contributed by atoms with E-state index in [2.05, 4.69) is 17.1 Å². The topological polar surface area (TPSA) is 59.3 Å². The minimum atomic E-state index is -0.247. The van der Waals surface area contributed by atoms with E-state index in [1.807, 2.05) is 12.1 Å². The van der Waals surface area contributed by atoms with E-state index in [1.165, 1.54) is 31.7 Å². The number of nitrogens with one attached hydrogen (secondary N) is 2. The molecular formula is C17H22FN5OS+2. The molecule has 0 aliphatic carbocycles. The van der Waals surface area contributed by atoms with Gasteiger partial charge in [0.2, 0.25) is 10.8 Å². The van der Waals surface area contributed by atoms with Gasteiger partial charge in [-0.05, 0) is 19.1 Å². The van der Waals surface area contributed by atoms with E-state index in [-0.39, 0.29) is 17.7 Å². The van der Waals surface area contributed by atoms with E-state index in [9.17, 15) is 9.50 Å². The number of quaternary nitrogens is 2. The van der Waals surface area contributed by atoms with Gasteiger partial charge in [0, 0.05) is 0 Å². The van der Waals surface area contributed by atoms with Crippen molar-refractivity contribution in [3.05, 3.63) is 46.3 Å². The third-order valence-electron chi connectivity index (χ3n) is 4.94. The van der Waals surface area contributed by atoms with Crippen molar-refractivity contribution in [2.45, 2.75) is 13.0 Å². The molecule has 4 rings (SSSR count). The Bertz CT molecular complexity index is 900. The first-order valence-electron chi connectivity index (χ1n) is 8.50. The Morgan fingerprint density at radius 1 is 1.24 bits per heavy atom. The van der Waals surface area contributed by atoms with Gasteiger partial charge in [0.05, 0.1) is 12.6 Å². The van der Waals surface area contributed by atoms with E-state index in [0.29, 0.717) is 16.3 Å². The van der Waals surface area contributed by atoms with Gasteiger partial charge in [-0.1, -0.05) is 23.5 Å². The lowest BCUT2D eigenvalue weighted by molar-refractivity contribution is -1.02. The van der Waals surface area contributed by atoms with Crippen LogP contribution in [-0.2, 0) is 0 Å². The molecule has 0 unspecified atom stereocenters. The fraction of sp³-hybridized carbons (Fsp3) is 0.412. The second-order valence-electron chi connectivity index (χ2n) is 6.71. The van der Waals surface area contributed by atoms with Crippen LogP contribution in [-0.4, -0.2) is 52.9 Å². The lowest BCUT2D eigenvalue weighted by atomic mass is 10.0. The highest BCUT2D eigenvalue weighted by Crippen LogP contribution is 2.35. The molecule has 1 aliphatic rings. The molecule has 132 valence electrons. The van der Waals surface area contributed by atoms with E-state index in [0.717, 1.165) is 31.1 Å². The second-order valence-corrected chi connectivity index (χ2v) is 7.72. The molecule has 6 nitrogen and oxygen atoms in total. The third kappa shape index (κ3) is 2.90. The Hall–Kier alpha value is -2.03. The number of thiazole rings is 1. The summed E-state index contributed by atoms with van der Waals surface area (Å²) in [5, 5.41) is 15.0. The summed E-state index contributed by atoms with van der Waals surface area (Å²) in [5.74, 6) is 0.458. The number of aromatic nitrogens is 3. The molecule has 1 atom stereocenters. The van der Waals surface area contributed by atoms with Crippen LogP contribution in [0.25, 0.3) is 4.96 Å². The normalized spacial score (nSPS) is 22.4. The molecule has 2 aromatic heterocycles. The van der Waals surface area contributed by atoms with Crippen LogP contribution in [0, 0.1) is 12.7 Å². The van der Waals surface area contributed by atoms with Crippen molar-refractivity contribution in [2.24, 2.45) is 0 Å². The molecule has 1 saturated heterocycles. The van der Waals surface area contributed by atoms with Gasteiger partial charge in [-0.25, -0.2) is 9.37 Å². The number of hydrogen-bond donors (Lipinski definition) is 3.